The monoisotopic (exact) mass is 308 g/mol. The Bertz CT molecular complexity index is 504. The third-order valence-electron chi connectivity index (χ3n) is 7.99. The van der Waals surface area contributed by atoms with E-state index in [-0.39, 0.29) is 11.3 Å². The molecule has 8 atom stereocenters. The number of hydrogen-bond donors (Lipinski definition) is 2. The first-order valence-corrected chi connectivity index (χ1v) is 9.09. The number of hydrogen-bond acceptors (Lipinski definition) is 2. The number of fused-ring (bicyclic) bond motifs is 5. The molecule has 0 saturated heterocycles. The topological polar surface area (TPSA) is 40.5 Å². The van der Waals surface area contributed by atoms with Gasteiger partial charge in [0.05, 0.1) is 12.2 Å². The molecule has 22 heavy (non-hydrogen) atoms. The van der Waals surface area contributed by atoms with Gasteiger partial charge in [-0.3, -0.25) is 0 Å². The van der Waals surface area contributed by atoms with Gasteiger partial charge < -0.3 is 10.2 Å². The summed E-state index contributed by atoms with van der Waals surface area (Å²) in [5.74, 6) is 0.793. The molecular weight excluding hydrogens is 279 g/mol. The molecule has 0 aromatic rings. The van der Waals surface area contributed by atoms with Gasteiger partial charge in [0, 0.05) is 5.41 Å². The summed E-state index contributed by atoms with van der Waals surface area (Å²) in [5, 5.41) is 20.9. The molecule has 2 nitrogen and oxygen atoms in total. The van der Waals surface area contributed by atoms with Crippen LogP contribution >= 0.6 is 0 Å². The minimum Gasteiger partial charge on any atom is -0.390 e. The second kappa shape index (κ2) is 4.80. The lowest BCUT2D eigenvalue weighted by atomic mass is 9.48. The van der Waals surface area contributed by atoms with Crippen molar-refractivity contribution in [1.29, 1.82) is 0 Å². The van der Waals surface area contributed by atoms with E-state index in [0.717, 1.165) is 19.3 Å². The Morgan fingerprint density at radius 3 is 2.73 bits per heavy atom. The molecule has 4 aliphatic carbocycles. The fraction of sp³-hybridized carbons (Fsp3) is 0.895. The Balaban J connectivity index is 1.73. The summed E-state index contributed by atoms with van der Waals surface area (Å²) in [4.78, 5) is 0. The Kier molecular flexibility index (Phi) is 3.30. The summed E-state index contributed by atoms with van der Waals surface area (Å²) in [6.07, 6.45) is 6.86. The average molecular weight is 308 g/mol. The van der Waals surface area contributed by atoms with Crippen molar-refractivity contribution >= 4 is 0 Å². The first-order chi connectivity index (χ1) is 10.4. The minimum absolute atomic E-state index is 0.0900. The average Bonchev–Trinajstić information content (AvgIpc) is 2.68. The highest BCUT2D eigenvalue weighted by atomic mass is 19.1. The highest BCUT2D eigenvalue weighted by Gasteiger charge is 2.64. The van der Waals surface area contributed by atoms with Gasteiger partial charge in [0.15, 0.2) is 6.17 Å². The lowest BCUT2D eigenvalue weighted by Gasteiger charge is -2.57. The lowest BCUT2D eigenvalue weighted by Crippen LogP contribution is -2.52. The summed E-state index contributed by atoms with van der Waals surface area (Å²) in [5.41, 5.74) is 1.42. The molecule has 0 aromatic carbocycles. The molecule has 3 fully saturated rings. The van der Waals surface area contributed by atoms with E-state index < -0.39 is 23.8 Å². The predicted octanol–water partition coefficient (Wildman–Crippen LogP) is 3.62. The quantitative estimate of drug-likeness (QED) is 0.671. The van der Waals surface area contributed by atoms with Crippen molar-refractivity contribution in [2.75, 3.05) is 0 Å². The van der Waals surface area contributed by atoms with Crippen LogP contribution in [0.1, 0.15) is 58.8 Å². The number of alkyl halides is 1. The van der Waals surface area contributed by atoms with Crippen molar-refractivity contribution in [2.45, 2.75) is 77.2 Å². The third-order valence-corrected chi connectivity index (χ3v) is 7.99. The van der Waals surface area contributed by atoms with E-state index in [9.17, 15) is 14.6 Å². The molecule has 0 aliphatic heterocycles. The molecule has 0 aromatic heterocycles. The zero-order valence-corrected chi connectivity index (χ0v) is 13.8. The summed E-state index contributed by atoms with van der Waals surface area (Å²) in [6.45, 7) is 4.41. The van der Waals surface area contributed by atoms with Gasteiger partial charge in [0.1, 0.15) is 0 Å². The molecule has 0 radical (unpaired) electrons. The number of aliphatic hydroxyl groups is 2. The molecule has 124 valence electrons. The Morgan fingerprint density at radius 1 is 1.18 bits per heavy atom. The van der Waals surface area contributed by atoms with Crippen LogP contribution in [0.5, 0.6) is 0 Å². The highest BCUT2D eigenvalue weighted by molar-refractivity contribution is 5.25. The number of allylic oxidation sites excluding steroid dienone is 2. The van der Waals surface area contributed by atoms with Gasteiger partial charge in [0.2, 0.25) is 0 Å². The van der Waals surface area contributed by atoms with Gasteiger partial charge in [0.25, 0.3) is 0 Å². The van der Waals surface area contributed by atoms with Crippen LogP contribution in [0.25, 0.3) is 0 Å². The molecule has 2 N–H and O–H groups in total. The summed E-state index contributed by atoms with van der Waals surface area (Å²) >= 11 is 0. The fourth-order valence-electron chi connectivity index (χ4n) is 6.72. The molecule has 0 amide bonds. The Hall–Kier alpha value is -0.410. The summed E-state index contributed by atoms with van der Waals surface area (Å²) in [6, 6.07) is 0. The maximum atomic E-state index is 14.3. The van der Waals surface area contributed by atoms with E-state index in [4.69, 9.17) is 0 Å². The van der Waals surface area contributed by atoms with Crippen molar-refractivity contribution in [2.24, 2.45) is 28.6 Å². The van der Waals surface area contributed by atoms with Crippen LogP contribution in [-0.2, 0) is 0 Å². The molecule has 4 aliphatic rings. The lowest BCUT2D eigenvalue weighted by molar-refractivity contribution is -0.0861. The van der Waals surface area contributed by atoms with Crippen molar-refractivity contribution in [1.82, 2.24) is 0 Å². The zero-order valence-electron chi connectivity index (χ0n) is 13.8. The number of halogens is 1. The largest absolute Gasteiger partial charge is 0.390 e. The smallest absolute Gasteiger partial charge is 0.152 e. The van der Waals surface area contributed by atoms with Crippen LogP contribution in [0.2, 0.25) is 0 Å². The molecular formula is C19H29FO2. The zero-order chi connectivity index (χ0) is 15.7. The van der Waals surface area contributed by atoms with Gasteiger partial charge in [-0.2, -0.15) is 0 Å². The van der Waals surface area contributed by atoms with Crippen molar-refractivity contribution in [3.63, 3.8) is 0 Å². The van der Waals surface area contributed by atoms with Gasteiger partial charge in [-0.05, 0) is 61.7 Å². The normalized spacial score (nSPS) is 57.6. The maximum Gasteiger partial charge on any atom is 0.152 e. The van der Waals surface area contributed by atoms with Crippen molar-refractivity contribution in [3.8, 4) is 0 Å². The molecule has 3 saturated carbocycles. The molecule has 0 bridgehead atoms. The number of aliphatic hydroxyl groups excluding tert-OH is 2. The summed E-state index contributed by atoms with van der Waals surface area (Å²) < 4.78 is 14.3. The Morgan fingerprint density at radius 2 is 1.95 bits per heavy atom. The van der Waals surface area contributed by atoms with E-state index in [1.54, 1.807) is 5.57 Å². The molecule has 0 unspecified atom stereocenters. The standard InChI is InChI=1S/C19H29FO2/c1-18-9-4-3-5-11(18)6-7-12-13(18)8-10-19(2)14(12)16(21)15(20)17(19)22/h6,12-17,21-22H,3-5,7-10H2,1-2H3/t12-,13+,14-,15-,16+,17-,18+,19+/m1/s1. The fourth-order valence-corrected chi connectivity index (χ4v) is 6.72. The van der Waals surface area contributed by atoms with Crippen LogP contribution in [0.15, 0.2) is 11.6 Å². The van der Waals surface area contributed by atoms with E-state index in [1.165, 1.54) is 25.7 Å². The second-order valence-electron chi connectivity index (χ2n) is 8.81. The first kappa shape index (κ1) is 15.1. The molecule has 4 rings (SSSR count). The third kappa shape index (κ3) is 1.73. The minimum atomic E-state index is -1.47. The van der Waals surface area contributed by atoms with Gasteiger partial charge >= 0.3 is 0 Å². The van der Waals surface area contributed by atoms with E-state index >= 15 is 0 Å². The van der Waals surface area contributed by atoms with Crippen LogP contribution in [0.4, 0.5) is 4.39 Å². The van der Waals surface area contributed by atoms with Crippen molar-refractivity contribution in [3.05, 3.63) is 11.6 Å². The van der Waals surface area contributed by atoms with Gasteiger partial charge in [-0.25, -0.2) is 4.39 Å². The number of rotatable bonds is 0. The second-order valence-corrected chi connectivity index (χ2v) is 8.81. The van der Waals surface area contributed by atoms with Crippen LogP contribution < -0.4 is 0 Å². The molecule has 0 heterocycles. The predicted molar refractivity (Wildman–Crippen MR) is 84.0 cm³/mol. The van der Waals surface area contributed by atoms with E-state index in [0.29, 0.717) is 11.8 Å². The molecule has 0 spiro atoms. The highest BCUT2D eigenvalue weighted by Crippen LogP contribution is 2.65. The van der Waals surface area contributed by atoms with Gasteiger partial charge in [-0.15, -0.1) is 0 Å². The molecule has 3 heteroatoms. The van der Waals surface area contributed by atoms with Gasteiger partial charge in [-0.1, -0.05) is 31.9 Å². The van der Waals surface area contributed by atoms with Crippen molar-refractivity contribution < 1.29 is 14.6 Å². The van der Waals surface area contributed by atoms with E-state index in [1.807, 2.05) is 6.92 Å². The SMILES string of the molecule is C[C@]12CC[C@H]3[C@@H](CC=C4CCCC[C@@]43C)[C@@H]1[C@H](O)[C@@H](F)[C@H]2O. The Labute approximate surface area is 132 Å². The first-order valence-electron chi connectivity index (χ1n) is 9.09. The van der Waals surface area contributed by atoms with Crippen LogP contribution in [0, 0.1) is 28.6 Å². The van der Waals surface area contributed by atoms with Crippen LogP contribution in [0.3, 0.4) is 0 Å². The summed E-state index contributed by atoms with van der Waals surface area (Å²) in [7, 11) is 0. The van der Waals surface area contributed by atoms with E-state index in [2.05, 4.69) is 13.0 Å². The maximum absolute atomic E-state index is 14.3. The van der Waals surface area contributed by atoms with Crippen LogP contribution in [-0.4, -0.2) is 28.6 Å².